The predicted molar refractivity (Wildman–Crippen MR) is 75.7 cm³/mol. The molecule has 6 heteroatoms. The number of nitrogens with zero attached hydrogens (tertiary/aromatic N) is 3. The fourth-order valence-corrected chi connectivity index (χ4v) is 1.90. The molecule has 0 saturated heterocycles. The number of ether oxygens (including phenoxy) is 2. The highest BCUT2D eigenvalue weighted by atomic mass is 16.5. The molecule has 0 radical (unpaired) electrons. The number of rotatable bonds is 8. The molecule has 2 heterocycles. The molecule has 6 nitrogen and oxygen atoms in total. The van der Waals surface area contributed by atoms with Gasteiger partial charge < -0.3 is 19.4 Å². The van der Waals surface area contributed by atoms with Crippen LogP contribution < -0.4 is 10.1 Å². The van der Waals surface area contributed by atoms with Crippen LogP contribution in [0.25, 0.3) is 0 Å². The zero-order chi connectivity index (χ0) is 14.2. The van der Waals surface area contributed by atoms with Crippen LogP contribution in [-0.4, -0.2) is 41.9 Å². The lowest BCUT2D eigenvalue weighted by Gasteiger charge is -2.07. The van der Waals surface area contributed by atoms with E-state index in [-0.39, 0.29) is 0 Å². The van der Waals surface area contributed by atoms with Crippen molar-refractivity contribution in [2.45, 2.75) is 13.1 Å². The molecule has 2 aromatic rings. The van der Waals surface area contributed by atoms with Crippen molar-refractivity contribution in [1.29, 1.82) is 0 Å². The van der Waals surface area contributed by atoms with Gasteiger partial charge in [-0.3, -0.25) is 0 Å². The summed E-state index contributed by atoms with van der Waals surface area (Å²) in [6, 6.07) is 3.91. The van der Waals surface area contributed by atoms with Gasteiger partial charge in [-0.25, -0.2) is 9.97 Å². The molecule has 0 fully saturated rings. The summed E-state index contributed by atoms with van der Waals surface area (Å²) >= 11 is 0. The van der Waals surface area contributed by atoms with E-state index in [4.69, 9.17) is 9.47 Å². The Morgan fingerprint density at radius 3 is 3.00 bits per heavy atom. The smallest absolute Gasteiger partial charge is 0.218 e. The van der Waals surface area contributed by atoms with E-state index in [1.54, 1.807) is 20.4 Å². The van der Waals surface area contributed by atoms with Crippen molar-refractivity contribution < 1.29 is 9.47 Å². The Labute approximate surface area is 118 Å². The lowest BCUT2D eigenvalue weighted by molar-refractivity contribution is 0.199. The van der Waals surface area contributed by atoms with Crippen LogP contribution in [0.1, 0.15) is 11.3 Å². The number of imidazole rings is 1. The van der Waals surface area contributed by atoms with Gasteiger partial charge in [-0.05, 0) is 6.07 Å². The number of methoxy groups -OCH3 is 2. The van der Waals surface area contributed by atoms with Crippen molar-refractivity contribution in [3.05, 3.63) is 42.1 Å². The standard InChI is InChI=1S/C14H20N4O2/c1-19-7-6-15-8-13-10-18(11-17-13)9-12-4-3-5-16-14(12)20-2/h3-5,10-11,15H,6-9H2,1-2H3. The monoisotopic (exact) mass is 276 g/mol. The van der Waals surface area contributed by atoms with Crippen molar-refractivity contribution in [2.24, 2.45) is 0 Å². The summed E-state index contributed by atoms with van der Waals surface area (Å²) in [5.74, 6) is 0.654. The molecule has 2 aromatic heterocycles. The van der Waals surface area contributed by atoms with Crippen LogP contribution in [0.15, 0.2) is 30.9 Å². The molecule has 0 unspecified atom stereocenters. The minimum Gasteiger partial charge on any atom is -0.481 e. The Hall–Kier alpha value is -1.92. The Kier molecular flexibility index (Phi) is 5.52. The third-order valence-corrected chi connectivity index (χ3v) is 2.87. The Balaban J connectivity index is 1.92. The van der Waals surface area contributed by atoms with E-state index in [9.17, 15) is 0 Å². The second-order valence-electron chi connectivity index (χ2n) is 4.38. The van der Waals surface area contributed by atoms with E-state index in [0.29, 0.717) is 19.0 Å². The van der Waals surface area contributed by atoms with E-state index < -0.39 is 0 Å². The van der Waals surface area contributed by atoms with Crippen molar-refractivity contribution in [1.82, 2.24) is 19.9 Å². The topological polar surface area (TPSA) is 61.2 Å². The van der Waals surface area contributed by atoms with Gasteiger partial charge in [0.15, 0.2) is 0 Å². The molecule has 0 amide bonds. The van der Waals surface area contributed by atoms with Crippen LogP contribution in [0.5, 0.6) is 5.88 Å². The van der Waals surface area contributed by atoms with Crippen molar-refractivity contribution in [3.8, 4) is 5.88 Å². The third-order valence-electron chi connectivity index (χ3n) is 2.87. The van der Waals surface area contributed by atoms with Gasteiger partial charge in [0.05, 0.1) is 32.3 Å². The summed E-state index contributed by atoms with van der Waals surface area (Å²) in [6.45, 7) is 2.95. The lowest BCUT2D eigenvalue weighted by atomic mass is 10.2. The number of hydrogen-bond acceptors (Lipinski definition) is 5. The maximum atomic E-state index is 5.25. The van der Waals surface area contributed by atoms with Gasteiger partial charge in [0, 0.05) is 38.2 Å². The average molecular weight is 276 g/mol. The highest BCUT2D eigenvalue weighted by Crippen LogP contribution is 2.15. The molecule has 20 heavy (non-hydrogen) atoms. The van der Waals surface area contributed by atoms with Crippen LogP contribution in [0, 0.1) is 0 Å². The first-order valence-corrected chi connectivity index (χ1v) is 6.51. The zero-order valence-corrected chi connectivity index (χ0v) is 11.9. The highest BCUT2D eigenvalue weighted by molar-refractivity contribution is 5.25. The lowest BCUT2D eigenvalue weighted by Crippen LogP contribution is -2.18. The predicted octanol–water partition coefficient (Wildman–Crippen LogP) is 1.07. The molecule has 0 saturated carbocycles. The van der Waals surface area contributed by atoms with Crippen LogP contribution in [0.2, 0.25) is 0 Å². The second kappa shape index (κ2) is 7.62. The summed E-state index contributed by atoms with van der Waals surface area (Å²) in [5.41, 5.74) is 2.04. The van der Waals surface area contributed by atoms with Crippen LogP contribution in [-0.2, 0) is 17.8 Å². The SMILES string of the molecule is COCCNCc1cn(Cc2cccnc2OC)cn1. The summed E-state index contributed by atoms with van der Waals surface area (Å²) in [5, 5.41) is 3.26. The molecule has 0 aliphatic rings. The second-order valence-corrected chi connectivity index (χ2v) is 4.38. The number of hydrogen-bond donors (Lipinski definition) is 1. The van der Waals surface area contributed by atoms with Crippen LogP contribution in [0.4, 0.5) is 0 Å². The van der Waals surface area contributed by atoms with E-state index in [0.717, 1.165) is 24.3 Å². The van der Waals surface area contributed by atoms with Gasteiger partial charge in [0.25, 0.3) is 0 Å². The number of pyridine rings is 1. The summed E-state index contributed by atoms with van der Waals surface area (Å²) < 4.78 is 12.2. The normalized spacial score (nSPS) is 10.7. The van der Waals surface area contributed by atoms with Gasteiger partial charge in [-0.1, -0.05) is 6.07 Å². The maximum absolute atomic E-state index is 5.25. The van der Waals surface area contributed by atoms with Crippen molar-refractivity contribution in [3.63, 3.8) is 0 Å². The Morgan fingerprint density at radius 2 is 2.20 bits per heavy atom. The molecule has 108 valence electrons. The first-order valence-electron chi connectivity index (χ1n) is 6.51. The highest BCUT2D eigenvalue weighted by Gasteiger charge is 2.05. The molecular formula is C14H20N4O2. The molecule has 0 aliphatic heterocycles. The fourth-order valence-electron chi connectivity index (χ4n) is 1.90. The minimum atomic E-state index is 0.654. The van der Waals surface area contributed by atoms with E-state index in [1.165, 1.54) is 0 Å². The minimum absolute atomic E-state index is 0.654. The maximum Gasteiger partial charge on any atom is 0.218 e. The van der Waals surface area contributed by atoms with E-state index in [2.05, 4.69) is 15.3 Å². The van der Waals surface area contributed by atoms with Crippen molar-refractivity contribution >= 4 is 0 Å². The van der Waals surface area contributed by atoms with Gasteiger partial charge in [0.2, 0.25) is 5.88 Å². The first-order chi connectivity index (χ1) is 9.83. The molecule has 0 spiro atoms. The molecule has 0 bridgehead atoms. The van der Waals surface area contributed by atoms with E-state index >= 15 is 0 Å². The Bertz CT molecular complexity index is 527. The third kappa shape index (κ3) is 4.04. The largest absolute Gasteiger partial charge is 0.481 e. The van der Waals surface area contributed by atoms with Gasteiger partial charge in [0.1, 0.15) is 0 Å². The quantitative estimate of drug-likeness (QED) is 0.731. The fraction of sp³-hybridized carbons (Fsp3) is 0.429. The van der Waals surface area contributed by atoms with Crippen LogP contribution in [0.3, 0.4) is 0 Å². The molecule has 2 rings (SSSR count). The molecule has 0 aromatic carbocycles. The molecule has 0 atom stereocenters. The molecule has 0 aliphatic carbocycles. The van der Waals surface area contributed by atoms with Crippen molar-refractivity contribution in [2.75, 3.05) is 27.4 Å². The zero-order valence-electron chi connectivity index (χ0n) is 11.9. The molecular weight excluding hydrogens is 256 g/mol. The van der Waals surface area contributed by atoms with Crippen LogP contribution >= 0.6 is 0 Å². The van der Waals surface area contributed by atoms with Gasteiger partial charge >= 0.3 is 0 Å². The Morgan fingerprint density at radius 1 is 1.30 bits per heavy atom. The average Bonchev–Trinajstić information content (AvgIpc) is 2.92. The van der Waals surface area contributed by atoms with E-state index in [1.807, 2.05) is 29.2 Å². The molecule has 1 N–H and O–H groups in total. The summed E-state index contributed by atoms with van der Waals surface area (Å²) in [6.07, 6.45) is 5.56. The summed E-state index contributed by atoms with van der Waals surface area (Å²) in [4.78, 5) is 8.55. The number of aromatic nitrogens is 3. The summed E-state index contributed by atoms with van der Waals surface area (Å²) in [7, 11) is 3.32. The van der Waals surface area contributed by atoms with Gasteiger partial charge in [-0.2, -0.15) is 0 Å². The number of nitrogens with one attached hydrogen (secondary N) is 1. The van der Waals surface area contributed by atoms with Gasteiger partial charge in [-0.15, -0.1) is 0 Å². The first kappa shape index (κ1) is 14.5.